The zero-order valence-corrected chi connectivity index (χ0v) is 19.1. The Kier molecular flexibility index (Phi) is 9.27. The third-order valence-corrected chi connectivity index (χ3v) is 6.20. The molecule has 168 valence electrons. The van der Waals surface area contributed by atoms with Gasteiger partial charge in [0.15, 0.2) is 5.96 Å². The summed E-state index contributed by atoms with van der Waals surface area (Å²) in [6.45, 7) is 9.65. The van der Waals surface area contributed by atoms with Crippen molar-refractivity contribution in [2.45, 2.75) is 64.2 Å². The number of hydrogen-bond donors (Lipinski definition) is 1. The van der Waals surface area contributed by atoms with E-state index in [9.17, 15) is 0 Å². The van der Waals surface area contributed by atoms with Crippen molar-refractivity contribution in [1.29, 1.82) is 0 Å². The molecule has 2 aliphatic heterocycles. The minimum Gasteiger partial charge on any atom is -0.376 e. The number of aliphatic imine (C=N–C) groups is 1. The van der Waals surface area contributed by atoms with E-state index in [2.05, 4.69) is 66.3 Å². The Morgan fingerprint density at radius 2 is 2.00 bits per heavy atom. The lowest BCUT2D eigenvalue weighted by Crippen LogP contribution is -2.47. The molecule has 2 saturated heterocycles. The van der Waals surface area contributed by atoms with E-state index >= 15 is 0 Å². The smallest absolute Gasteiger partial charge is 0.193 e. The minimum atomic E-state index is 0.304. The van der Waals surface area contributed by atoms with Gasteiger partial charge in [0.2, 0.25) is 0 Å². The summed E-state index contributed by atoms with van der Waals surface area (Å²) in [5.41, 5.74) is 1.23. The third kappa shape index (κ3) is 6.88. The first-order valence-electron chi connectivity index (χ1n) is 11.7. The van der Waals surface area contributed by atoms with Crippen LogP contribution in [-0.4, -0.2) is 75.5 Å². The second-order valence-electron chi connectivity index (χ2n) is 8.50. The summed E-state index contributed by atoms with van der Waals surface area (Å²) in [6, 6.07) is 10.8. The maximum absolute atomic E-state index is 6.17. The summed E-state index contributed by atoms with van der Waals surface area (Å²) in [4.78, 5) is 9.63. The van der Waals surface area contributed by atoms with Crippen LogP contribution in [0.2, 0.25) is 0 Å². The monoisotopic (exact) mass is 416 g/mol. The zero-order chi connectivity index (χ0) is 21.2. The zero-order valence-electron chi connectivity index (χ0n) is 19.1. The molecule has 0 amide bonds. The standard InChI is InChI=1S/C24H40N4O2/c1-4-25-24(26-18-20(2)27(3)21-10-6-5-7-11-21)28-15-13-22(14-16-28)30-19-23-12-8-9-17-29-23/h5-7,10-11,20,22-23H,4,8-9,12-19H2,1-3H3,(H,25,26). The first-order valence-corrected chi connectivity index (χ1v) is 11.7. The topological polar surface area (TPSA) is 49.3 Å². The highest BCUT2D eigenvalue weighted by atomic mass is 16.5. The fourth-order valence-electron chi connectivity index (χ4n) is 4.10. The highest BCUT2D eigenvalue weighted by Gasteiger charge is 2.24. The summed E-state index contributed by atoms with van der Waals surface area (Å²) in [6.07, 6.45) is 6.36. The van der Waals surface area contributed by atoms with Crippen molar-refractivity contribution >= 4 is 11.6 Å². The van der Waals surface area contributed by atoms with Gasteiger partial charge in [-0.3, -0.25) is 4.99 Å². The Morgan fingerprint density at radius 1 is 1.23 bits per heavy atom. The van der Waals surface area contributed by atoms with Crippen LogP contribution < -0.4 is 10.2 Å². The molecule has 0 aromatic heterocycles. The molecule has 0 bridgehead atoms. The molecule has 0 spiro atoms. The number of benzene rings is 1. The normalized spacial score (nSPS) is 22.0. The highest BCUT2D eigenvalue weighted by Crippen LogP contribution is 2.18. The van der Waals surface area contributed by atoms with Crippen LogP contribution in [0, 0.1) is 0 Å². The number of likely N-dealkylation sites (N-methyl/N-ethyl adjacent to an activating group) is 1. The predicted octanol–water partition coefficient (Wildman–Crippen LogP) is 3.53. The Hall–Kier alpha value is -1.79. The fraction of sp³-hybridized carbons (Fsp3) is 0.708. The first-order chi connectivity index (χ1) is 14.7. The van der Waals surface area contributed by atoms with Crippen LogP contribution in [0.25, 0.3) is 0 Å². The number of ether oxygens (including phenoxy) is 2. The molecule has 0 aliphatic carbocycles. The van der Waals surface area contributed by atoms with Crippen molar-refractivity contribution < 1.29 is 9.47 Å². The van der Waals surface area contributed by atoms with E-state index < -0.39 is 0 Å². The molecule has 2 atom stereocenters. The molecule has 2 unspecified atom stereocenters. The van der Waals surface area contributed by atoms with Crippen LogP contribution in [0.3, 0.4) is 0 Å². The van der Waals surface area contributed by atoms with E-state index in [1.54, 1.807) is 0 Å². The van der Waals surface area contributed by atoms with Gasteiger partial charge in [0.05, 0.1) is 25.4 Å². The van der Waals surface area contributed by atoms with E-state index in [0.29, 0.717) is 18.2 Å². The Bertz CT molecular complexity index is 625. The summed E-state index contributed by atoms with van der Waals surface area (Å²) in [5, 5.41) is 3.48. The molecule has 30 heavy (non-hydrogen) atoms. The molecule has 2 aliphatic rings. The number of guanidine groups is 1. The van der Waals surface area contributed by atoms with E-state index in [4.69, 9.17) is 14.5 Å². The van der Waals surface area contributed by atoms with E-state index in [1.165, 1.54) is 18.5 Å². The van der Waals surface area contributed by atoms with Crippen molar-refractivity contribution in [3.05, 3.63) is 30.3 Å². The molecule has 1 N–H and O–H groups in total. The number of piperidine rings is 1. The molecular formula is C24H40N4O2. The lowest BCUT2D eigenvalue weighted by atomic mass is 10.1. The Morgan fingerprint density at radius 3 is 2.67 bits per heavy atom. The van der Waals surface area contributed by atoms with Crippen molar-refractivity contribution in [3.8, 4) is 0 Å². The number of likely N-dealkylation sites (tertiary alicyclic amines) is 1. The van der Waals surface area contributed by atoms with Gasteiger partial charge in [-0.15, -0.1) is 0 Å². The highest BCUT2D eigenvalue weighted by molar-refractivity contribution is 5.80. The second-order valence-corrected chi connectivity index (χ2v) is 8.50. The summed E-state index contributed by atoms with van der Waals surface area (Å²) >= 11 is 0. The molecule has 6 nitrogen and oxygen atoms in total. The van der Waals surface area contributed by atoms with Gasteiger partial charge in [-0.05, 0) is 58.1 Å². The molecule has 1 aromatic rings. The van der Waals surface area contributed by atoms with E-state index in [0.717, 1.165) is 64.6 Å². The Balaban J connectivity index is 1.46. The van der Waals surface area contributed by atoms with Gasteiger partial charge in [-0.1, -0.05) is 18.2 Å². The van der Waals surface area contributed by atoms with Gasteiger partial charge in [-0.2, -0.15) is 0 Å². The van der Waals surface area contributed by atoms with Crippen molar-refractivity contribution in [2.24, 2.45) is 4.99 Å². The van der Waals surface area contributed by atoms with Gasteiger partial charge < -0.3 is 24.6 Å². The van der Waals surface area contributed by atoms with Crippen molar-refractivity contribution in [2.75, 3.05) is 51.3 Å². The van der Waals surface area contributed by atoms with Crippen LogP contribution in [-0.2, 0) is 9.47 Å². The number of anilines is 1. The lowest BCUT2D eigenvalue weighted by molar-refractivity contribution is -0.0721. The third-order valence-electron chi connectivity index (χ3n) is 6.20. The molecule has 2 fully saturated rings. The minimum absolute atomic E-state index is 0.304. The summed E-state index contributed by atoms with van der Waals surface area (Å²) in [7, 11) is 2.14. The van der Waals surface area contributed by atoms with Crippen molar-refractivity contribution in [3.63, 3.8) is 0 Å². The molecule has 2 heterocycles. The second kappa shape index (κ2) is 12.2. The van der Waals surface area contributed by atoms with Gasteiger partial charge in [0.1, 0.15) is 0 Å². The molecular weight excluding hydrogens is 376 g/mol. The van der Waals surface area contributed by atoms with Gasteiger partial charge in [0, 0.05) is 45.0 Å². The van der Waals surface area contributed by atoms with Crippen LogP contribution in [0.1, 0.15) is 46.0 Å². The average Bonchev–Trinajstić information content (AvgIpc) is 2.81. The molecule has 6 heteroatoms. The summed E-state index contributed by atoms with van der Waals surface area (Å²) < 4.78 is 12.0. The molecule has 0 saturated carbocycles. The maximum Gasteiger partial charge on any atom is 0.193 e. The SMILES string of the molecule is CCNC(=NCC(C)N(C)c1ccccc1)N1CCC(OCC2CCCCO2)CC1. The first kappa shape index (κ1) is 22.9. The van der Waals surface area contributed by atoms with Gasteiger partial charge in [-0.25, -0.2) is 0 Å². The van der Waals surface area contributed by atoms with Crippen LogP contribution in [0.15, 0.2) is 35.3 Å². The predicted molar refractivity (Wildman–Crippen MR) is 124 cm³/mol. The Labute approximate surface area is 182 Å². The molecule has 1 aromatic carbocycles. The van der Waals surface area contributed by atoms with Crippen molar-refractivity contribution in [1.82, 2.24) is 10.2 Å². The van der Waals surface area contributed by atoms with E-state index in [-0.39, 0.29) is 0 Å². The molecule has 3 rings (SSSR count). The number of para-hydroxylation sites is 1. The number of nitrogens with one attached hydrogen (secondary N) is 1. The number of nitrogens with zero attached hydrogens (tertiary/aromatic N) is 3. The van der Waals surface area contributed by atoms with Crippen LogP contribution in [0.5, 0.6) is 0 Å². The van der Waals surface area contributed by atoms with Crippen LogP contribution >= 0.6 is 0 Å². The van der Waals surface area contributed by atoms with E-state index in [1.807, 2.05) is 0 Å². The fourth-order valence-corrected chi connectivity index (χ4v) is 4.10. The quantitative estimate of drug-likeness (QED) is 0.519. The summed E-state index contributed by atoms with van der Waals surface area (Å²) in [5.74, 6) is 1.03. The molecule has 0 radical (unpaired) electrons. The van der Waals surface area contributed by atoms with Gasteiger partial charge >= 0.3 is 0 Å². The maximum atomic E-state index is 6.17. The number of hydrogen-bond acceptors (Lipinski definition) is 4. The average molecular weight is 417 g/mol. The largest absolute Gasteiger partial charge is 0.376 e. The van der Waals surface area contributed by atoms with Crippen LogP contribution in [0.4, 0.5) is 5.69 Å². The van der Waals surface area contributed by atoms with Gasteiger partial charge in [0.25, 0.3) is 0 Å². The lowest BCUT2D eigenvalue weighted by Gasteiger charge is -2.35. The number of rotatable bonds is 8.